The number of fused-ring (bicyclic) bond motifs is 1. The van der Waals surface area contributed by atoms with Crippen LogP contribution in [0.3, 0.4) is 0 Å². The minimum Gasteiger partial charge on any atom is -0.508 e. The third-order valence-electron chi connectivity index (χ3n) is 4.18. The number of aromatic nitrogens is 1. The second-order valence-electron chi connectivity index (χ2n) is 6.82. The highest BCUT2D eigenvalue weighted by Crippen LogP contribution is 2.32. The fraction of sp³-hybridized carbons (Fsp3) is 0.190. The van der Waals surface area contributed by atoms with Gasteiger partial charge in [-0.05, 0) is 61.9 Å². The Morgan fingerprint density at radius 1 is 1.24 bits per heavy atom. The number of carbonyl (C=O) groups is 1. The first kappa shape index (κ1) is 18.9. The Hall–Kier alpha value is -3.39. The molecule has 8 heteroatoms. The minimum absolute atomic E-state index is 0.0269. The highest BCUT2D eigenvalue weighted by atomic mass is 32.1. The third-order valence-corrected chi connectivity index (χ3v) is 5.01. The van der Waals surface area contributed by atoms with E-state index in [1.807, 2.05) is 37.4 Å². The zero-order valence-corrected chi connectivity index (χ0v) is 16.8. The van der Waals surface area contributed by atoms with E-state index in [4.69, 9.17) is 4.74 Å². The lowest BCUT2D eigenvalue weighted by Crippen LogP contribution is -2.25. The maximum atomic E-state index is 11.7. The maximum Gasteiger partial charge on any atom is 0.262 e. The summed E-state index contributed by atoms with van der Waals surface area (Å²) in [5.41, 5.74) is 3.24. The van der Waals surface area contributed by atoms with Crippen molar-refractivity contribution in [2.75, 3.05) is 11.9 Å². The highest BCUT2D eigenvalue weighted by Gasteiger charge is 2.17. The van der Waals surface area contributed by atoms with Gasteiger partial charge in [0.1, 0.15) is 11.5 Å². The SMILES string of the molecule is CC(C)N=c1scc(-c2ccc3c(c2)NC(=O)CO3)n1N=Cc1ccc(O)cc1. The molecule has 0 unspecified atom stereocenters. The average Bonchev–Trinajstić information content (AvgIpc) is 3.08. The van der Waals surface area contributed by atoms with Crippen LogP contribution in [-0.4, -0.2) is 34.6 Å². The molecule has 1 aromatic heterocycles. The van der Waals surface area contributed by atoms with Crippen molar-refractivity contribution >= 4 is 29.1 Å². The summed E-state index contributed by atoms with van der Waals surface area (Å²) in [7, 11) is 0. The predicted octanol–water partition coefficient (Wildman–Crippen LogP) is 3.44. The monoisotopic (exact) mass is 408 g/mol. The number of phenolic OH excluding ortho intramolecular Hbond substituents is 1. The van der Waals surface area contributed by atoms with Crippen LogP contribution in [0.1, 0.15) is 19.4 Å². The summed E-state index contributed by atoms with van der Waals surface area (Å²) in [5, 5.41) is 18.9. The van der Waals surface area contributed by atoms with Crippen molar-refractivity contribution in [3.8, 4) is 22.8 Å². The van der Waals surface area contributed by atoms with E-state index in [1.54, 1.807) is 35.2 Å². The zero-order chi connectivity index (χ0) is 20.4. The van der Waals surface area contributed by atoms with Crippen molar-refractivity contribution in [1.29, 1.82) is 0 Å². The van der Waals surface area contributed by atoms with Crippen LogP contribution in [0.5, 0.6) is 11.5 Å². The molecule has 4 rings (SSSR count). The van der Waals surface area contributed by atoms with E-state index in [0.717, 1.165) is 21.6 Å². The van der Waals surface area contributed by atoms with Crippen molar-refractivity contribution in [3.05, 3.63) is 58.2 Å². The second kappa shape index (κ2) is 7.92. The minimum atomic E-state index is -0.173. The van der Waals surface area contributed by atoms with Crippen LogP contribution in [-0.2, 0) is 4.79 Å². The molecular weight excluding hydrogens is 388 g/mol. The Bertz CT molecular complexity index is 1140. The largest absolute Gasteiger partial charge is 0.508 e. The van der Waals surface area contributed by atoms with Crippen molar-refractivity contribution < 1.29 is 14.6 Å². The quantitative estimate of drug-likeness (QED) is 0.648. The number of nitrogens with zero attached hydrogens (tertiary/aromatic N) is 3. The molecule has 3 aromatic rings. The van der Waals surface area contributed by atoms with E-state index in [1.165, 1.54) is 11.3 Å². The molecule has 1 aliphatic rings. The number of hydrogen-bond donors (Lipinski definition) is 2. The topological polar surface area (TPSA) is 88.2 Å². The van der Waals surface area contributed by atoms with Crippen molar-refractivity contribution in [2.45, 2.75) is 19.9 Å². The number of carbonyl (C=O) groups excluding carboxylic acids is 1. The molecule has 0 spiro atoms. The number of ether oxygens (including phenoxy) is 1. The Morgan fingerprint density at radius 2 is 2.03 bits per heavy atom. The van der Waals surface area contributed by atoms with Crippen molar-refractivity contribution in [3.63, 3.8) is 0 Å². The Kier molecular flexibility index (Phi) is 5.18. The van der Waals surface area contributed by atoms with Crippen molar-refractivity contribution in [1.82, 2.24) is 4.68 Å². The predicted molar refractivity (Wildman–Crippen MR) is 114 cm³/mol. The van der Waals surface area contributed by atoms with Gasteiger partial charge in [-0.3, -0.25) is 9.79 Å². The molecule has 0 aliphatic carbocycles. The molecule has 1 amide bonds. The average molecular weight is 408 g/mol. The van der Waals surface area contributed by atoms with Crippen LogP contribution >= 0.6 is 11.3 Å². The lowest BCUT2D eigenvalue weighted by atomic mass is 10.1. The fourth-order valence-electron chi connectivity index (χ4n) is 2.85. The normalized spacial score (nSPS) is 14.2. The summed E-state index contributed by atoms with van der Waals surface area (Å²) in [5.74, 6) is 0.684. The molecule has 7 nitrogen and oxygen atoms in total. The van der Waals surface area contributed by atoms with E-state index >= 15 is 0 Å². The van der Waals surface area contributed by atoms with Crippen LogP contribution in [0.4, 0.5) is 5.69 Å². The van der Waals surface area contributed by atoms with E-state index in [9.17, 15) is 9.90 Å². The van der Waals surface area contributed by atoms with Gasteiger partial charge in [0.15, 0.2) is 6.61 Å². The summed E-state index contributed by atoms with van der Waals surface area (Å²) < 4.78 is 7.23. The molecule has 0 fully saturated rings. The first-order valence-corrected chi connectivity index (χ1v) is 10.0. The van der Waals surface area contributed by atoms with Crippen LogP contribution in [0.15, 0.2) is 57.9 Å². The third kappa shape index (κ3) is 4.22. The first-order chi connectivity index (χ1) is 14.0. The maximum absolute atomic E-state index is 11.7. The van der Waals surface area contributed by atoms with Crippen LogP contribution < -0.4 is 14.9 Å². The molecule has 2 aromatic carbocycles. The molecular formula is C21H20N4O3S. The van der Waals surface area contributed by atoms with Gasteiger partial charge in [0.25, 0.3) is 5.91 Å². The fourth-order valence-corrected chi connectivity index (χ4v) is 3.82. The summed E-state index contributed by atoms with van der Waals surface area (Å²) in [6.07, 6.45) is 1.72. The van der Waals surface area contributed by atoms with Gasteiger partial charge < -0.3 is 15.2 Å². The Morgan fingerprint density at radius 3 is 2.79 bits per heavy atom. The summed E-state index contributed by atoms with van der Waals surface area (Å²) in [6.45, 7) is 4.05. The number of phenols is 1. The van der Waals surface area contributed by atoms with Gasteiger partial charge in [0.2, 0.25) is 4.80 Å². The number of hydrogen-bond acceptors (Lipinski definition) is 6. The molecule has 0 saturated carbocycles. The van der Waals surface area contributed by atoms with E-state index in [2.05, 4.69) is 15.4 Å². The second-order valence-corrected chi connectivity index (χ2v) is 7.66. The summed E-state index contributed by atoms with van der Waals surface area (Å²) >= 11 is 1.50. The standard InChI is InChI=1S/C21H20N4O3S/c1-13(2)23-21-25(22-10-14-3-6-16(26)7-4-14)18(12-29-21)15-5-8-19-17(9-15)24-20(27)11-28-19/h3-10,12-13,26H,11H2,1-2H3,(H,24,27). The van der Waals surface area contributed by atoms with E-state index < -0.39 is 0 Å². The molecule has 0 bridgehead atoms. The number of aromatic hydroxyl groups is 1. The molecule has 0 atom stereocenters. The molecule has 2 heterocycles. The first-order valence-electron chi connectivity index (χ1n) is 9.14. The van der Waals surface area contributed by atoms with E-state index in [-0.39, 0.29) is 24.3 Å². The van der Waals surface area contributed by atoms with Gasteiger partial charge in [-0.25, -0.2) is 4.68 Å². The van der Waals surface area contributed by atoms with Crippen molar-refractivity contribution in [2.24, 2.45) is 10.1 Å². The molecule has 1 aliphatic heterocycles. The number of benzene rings is 2. The van der Waals surface area contributed by atoms with Gasteiger partial charge in [0, 0.05) is 17.0 Å². The van der Waals surface area contributed by atoms with Gasteiger partial charge >= 0.3 is 0 Å². The van der Waals surface area contributed by atoms with Gasteiger partial charge in [-0.2, -0.15) is 5.10 Å². The highest BCUT2D eigenvalue weighted by molar-refractivity contribution is 7.07. The Labute approximate surface area is 171 Å². The molecule has 148 valence electrons. The lowest BCUT2D eigenvalue weighted by Gasteiger charge is -2.18. The number of anilines is 1. The molecule has 29 heavy (non-hydrogen) atoms. The van der Waals surface area contributed by atoms with Crippen LogP contribution in [0, 0.1) is 0 Å². The molecule has 0 saturated heterocycles. The number of amides is 1. The van der Waals surface area contributed by atoms with Gasteiger partial charge in [-0.15, -0.1) is 11.3 Å². The van der Waals surface area contributed by atoms with Crippen LogP contribution in [0.25, 0.3) is 11.3 Å². The smallest absolute Gasteiger partial charge is 0.262 e. The Balaban J connectivity index is 1.78. The zero-order valence-electron chi connectivity index (χ0n) is 16.0. The van der Waals surface area contributed by atoms with Gasteiger partial charge in [-0.1, -0.05) is 0 Å². The number of thiazole rings is 1. The molecule has 2 N–H and O–H groups in total. The lowest BCUT2D eigenvalue weighted by molar-refractivity contribution is -0.118. The summed E-state index contributed by atoms with van der Waals surface area (Å²) in [4.78, 5) is 17.1. The molecule has 0 radical (unpaired) electrons. The number of nitrogens with one attached hydrogen (secondary N) is 1. The van der Waals surface area contributed by atoms with Gasteiger partial charge in [0.05, 0.1) is 17.6 Å². The van der Waals surface area contributed by atoms with Crippen LogP contribution in [0.2, 0.25) is 0 Å². The summed E-state index contributed by atoms with van der Waals surface area (Å²) in [6, 6.07) is 12.6. The number of rotatable bonds is 4. The van der Waals surface area contributed by atoms with E-state index in [0.29, 0.717) is 11.4 Å².